The lowest BCUT2D eigenvalue weighted by Crippen LogP contribution is -2.31. The molecule has 148 valence electrons. The average Bonchev–Trinajstić information content (AvgIpc) is 3.59. The van der Waals surface area contributed by atoms with Crippen LogP contribution in [0.2, 0.25) is 0 Å². The Morgan fingerprint density at radius 1 is 1.21 bits per heavy atom. The Bertz CT molecular complexity index is 1090. The molecule has 5 nitrogen and oxygen atoms in total. The number of fused-ring (bicyclic) bond motifs is 1. The van der Waals surface area contributed by atoms with E-state index >= 15 is 0 Å². The second kappa shape index (κ2) is 8.66. The molecule has 1 amide bonds. The van der Waals surface area contributed by atoms with Crippen LogP contribution < -0.4 is 10.9 Å². The van der Waals surface area contributed by atoms with Gasteiger partial charge in [0.2, 0.25) is 5.91 Å². The van der Waals surface area contributed by atoms with E-state index in [4.69, 9.17) is 0 Å². The highest BCUT2D eigenvalue weighted by atomic mass is 32.2. The Hall–Kier alpha value is -2.86. The summed E-state index contributed by atoms with van der Waals surface area (Å²) in [5, 5.41) is 4.28. The van der Waals surface area contributed by atoms with Crippen LogP contribution in [0.25, 0.3) is 10.9 Å². The van der Waals surface area contributed by atoms with Crippen LogP contribution in [-0.2, 0) is 11.3 Å². The number of allylic oxidation sites excluding steroid dienone is 1. The van der Waals surface area contributed by atoms with Gasteiger partial charge in [-0.25, -0.2) is 4.98 Å². The van der Waals surface area contributed by atoms with Gasteiger partial charge in [-0.05, 0) is 36.5 Å². The van der Waals surface area contributed by atoms with Gasteiger partial charge in [-0.2, -0.15) is 0 Å². The molecule has 0 radical (unpaired) electrons. The summed E-state index contributed by atoms with van der Waals surface area (Å²) in [6.07, 6.45) is 3.94. The number of para-hydroxylation sites is 1. The first kappa shape index (κ1) is 19.5. The summed E-state index contributed by atoms with van der Waals surface area (Å²) in [6, 6.07) is 17.4. The lowest BCUT2D eigenvalue weighted by atomic mass is 10.0. The Morgan fingerprint density at radius 2 is 1.93 bits per heavy atom. The third kappa shape index (κ3) is 4.43. The molecule has 6 heteroatoms. The topological polar surface area (TPSA) is 64.0 Å². The van der Waals surface area contributed by atoms with E-state index < -0.39 is 0 Å². The number of thioether (sulfide) groups is 1. The molecule has 1 atom stereocenters. The Labute approximate surface area is 173 Å². The molecule has 4 rings (SSSR count). The van der Waals surface area contributed by atoms with E-state index in [2.05, 4.69) is 29.0 Å². The van der Waals surface area contributed by atoms with Gasteiger partial charge in [-0.3, -0.25) is 14.2 Å². The van der Waals surface area contributed by atoms with Crippen molar-refractivity contribution in [2.24, 2.45) is 5.92 Å². The Kier molecular flexibility index (Phi) is 5.81. The highest BCUT2D eigenvalue weighted by Crippen LogP contribution is 2.41. The SMILES string of the molecule is C=CCn1c(SCC(=O)NC(c2ccccc2)C2CC2)nc2ccccc2c1=O. The second-order valence-electron chi connectivity index (χ2n) is 7.20. The number of nitrogens with zero attached hydrogens (tertiary/aromatic N) is 2. The van der Waals surface area contributed by atoms with Crippen molar-refractivity contribution in [2.75, 3.05) is 5.75 Å². The first-order chi connectivity index (χ1) is 14.2. The van der Waals surface area contributed by atoms with Gasteiger partial charge in [0.25, 0.3) is 5.56 Å². The van der Waals surface area contributed by atoms with Crippen LogP contribution in [0.3, 0.4) is 0 Å². The lowest BCUT2D eigenvalue weighted by Gasteiger charge is -2.19. The molecule has 0 bridgehead atoms. The number of aromatic nitrogens is 2. The van der Waals surface area contributed by atoms with Gasteiger partial charge in [0, 0.05) is 6.54 Å². The number of benzene rings is 2. The van der Waals surface area contributed by atoms with E-state index in [0.717, 1.165) is 18.4 Å². The number of amides is 1. The van der Waals surface area contributed by atoms with Crippen LogP contribution in [0, 0.1) is 5.92 Å². The summed E-state index contributed by atoms with van der Waals surface area (Å²) in [4.78, 5) is 30.1. The molecular formula is C23H23N3O2S. The van der Waals surface area contributed by atoms with Gasteiger partial charge in [0.15, 0.2) is 5.16 Å². The van der Waals surface area contributed by atoms with Crippen molar-refractivity contribution >= 4 is 28.6 Å². The molecule has 1 heterocycles. The largest absolute Gasteiger partial charge is 0.348 e. The predicted octanol–water partition coefficient (Wildman–Crippen LogP) is 3.94. The van der Waals surface area contributed by atoms with Crippen LogP contribution >= 0.6 is 11.8 Å². The van der Waals surface area contributed by atoms with Gasteiger partial charge >= 0.3 is 0 Å². The van der Waals surface area contributed by atoms with Crippen molar-refractivity contribution in [3.63, 3.8) is 0 Å². The summed E-state index contributed by atoms with van der Waals surface area (Å²) >= 11 is 1.29. The van der Waals surface area contributed by atoms with E-state index in [1.165, 1.54) is 11.8 Å². The minimum atomic E-state index is -0.112. The highest BCUT2D eigenvalue weighted by molar-refractivity contribution is 7.99. The van der Waals surface area contributed by atoms with Crippen molar-refractivity contribution in [2.45, 2.75) is 30.6 Å². The first-order valence-corrected chi connectivity index (χ1v) is 10.7. The van der Waals surface area contributed by atoms with Crippen LogP contribution in [-0.4, -0.2) is 21.2 Å². The number of carbonyl (C=O) groups excluding carboxylic acids is 1. The van der Waals surface area contributed by atoms with Crippen molar-refractivity contribution in [3.05, 3.63) is 83.2 Å². The van der Waals surface area contributed by atoms with Crippen LogP contribution in [0.4, 0.5) is 0 Å². The van der Waals surface area contributed by atoms with E-state index in [1.807, 2.05) is 36.4 Å². The molecule has 2 aromatic carbocycles. The van der Waals surface area contributed by atoms with Crippen molar-refractivity contribution in [3.8, 4) is 0 Å². The quantitative estimate of drug-likeness (QED) is 0.350. The molecular weight excluding hydrogens is 382 g/mol. The molecule has 29 heavy (non-hydrogen) atoms. The van der Waals surface area contributed by atoms with Gasteiger partial charge in [-0.1, -0.05) is 60.3 Å². The predicted molar refractivity (Wildman–Crippen MR) is 117 cm³/mol. The number of hydrogen-bond acceptors (Lipinski definition) is 4. The van der Waals surface area contributed by atoms with E-state index in [0.29, 0.717) is 28.5 Å². The van der Waals surface area contributed by atoms with Gasteiger partial charge < -0.3 is 5.32 Å². The zero-order valence-electron chi connectivity index (χ0n) is 16.1. The van der Waals surface area contributed by atoms with Crippen molar-refractivity contribution in [1.29, 1.82) is 0 Å². The van der Waals surface area contributed by atoms with Crippen LogP contribution in [0.1, 0.15) is 24.4 Å². The highest BCUT2D eigenvalue weighted by Gasteiger charge is 2.33. The minimum Gasteiger partial charge on any atom is -0.348 e. The molecule has 3 aromatic rings. The Balaban J connectivity index is 1.51. The third-order valence-corrected chi connectivity index (χ3v) is 6.02. The molecule has 0 aliphatic heterocycles. The molecule has 1 aliphatic rings. The molecule has 1 aromatic heterocycles. The molecule has 1 unspecified atom stereocenters. The monoisotopic (exact) mass is 405 g/mol. The van der Waals surface area contributed by atoms with Gasteiger partial charge in [0.05, 0.1) is 22.7 Å². The van der Waals surface area contributed by atoms with Gasteiger partial charge in [-0.15, -0.1) is 6.58 Å². The molecule has 1 saturated carbocycles. The fraction of sp³-hybridized carbons (Fsp3) is 0.261. The summed E-state index contributed by atoms with van der Waals surface area (Å²) in [5.74, 6) is 0.658. The van der Waals surface area contributed by atoms with E-state index in [9.17, 15) is 9.59 Å². The zero-order chi connectivity index (χ0) is 20.2. The second-order valence-corrected chi connectivity index (χ2v) is 8.14. The molecule has 0 spiro atoms. The number of nitrogens with one attached hydrogen (secondary N) is 1. The van der Waals surface area contributed by atoms with E-state index in [1.54, 1.807) is 16.7 Å². The molecule has 1 fully saturated rings. The molecule has 1 N–H and O–H groups in total. The third-order valence-electron chi connectivity index (χ3n) is 5.04. The number of hydrogen-bond donors (Lipinski definition) is 1. The standard InChI is InChI=1S/C23H23N3O2S/c1-2-14-26-22(28)18-10-6-7-11-19(18)24-23(26)29-15-20(27)25-21(17-12-13-17)16-8-4-3-5-9-16/h2-11,17,21H,1,12-15H2,(H,25,27). The summed E-state index contributed by atoms with van der Waals surface area (Å²) < 4.78 is 1.57. The van der Waals surface area contributed by atoms with Gasteiger partial charge in [0.1, 0.15) is 0 Å². The lowest BCUT2D eigenvalue weighted by molar-refractivity contribution is -0.119. The maximum Gasteiger partial charge on any atom is 0.262 e. The van der Waals surface area contributed by atoms with Crippen LogP contribution in [0.5, 0.6) is 0 Å². The minimum absolute atomic E-state index is 0.0456. The first-order valence-electron chi connectivity index (χ1n) is 9.75. The zero-order valence-corrected chi connectivity index (χ0v) is 16.9. The maximum absolute atomic E-state index is 12.8. The maximum atomic E-state index is 12.8. The summed E-state index contributed by atoms with van der Waals surface area (Å²) in [5.41, 5.74) is 1.67. The Morgan fingerprint density at radius 3 is 2.66 bits per heavy atom. The van der Waals surface area contributed by atoms with Crippen molar-refractivity contribution < 1.29 is 4.79 Å². The average molecular weight is 406 g/mol. The fourth-order valence-corrected chi connectivity index (χ4v) is 4.28. The molecule has 0 saturated heterocycles. The normalized spacial score (nSPS) is 14.5. The number of rotatable bonds is 8. The number of carbonyl (C=O) groups is 1. The smallest absolute Gasteiger partial charge is 0.262 e. The van der Waals surface area contributed by atoms with Crippen molar-refractivity contribution in [1.82, 2.24) is 14.9 Å². The molecule has 1 aliphatic carbocycles. The van der Waals surface area contributed by atoms with E-state index in [-0.39, 0.29) is 23.3 Å². The summed E-state index contributed by atoms with van der Waals surface area (Å²) in [7, 11) is 0. The van der Waals surface area contributed by atoms with Crippen LogP contribution in [0.15, 0.2) is 77.2 Å². The fourth-order valence-electron chi connectivity index (χ4n) is 3.46. The summed E-state index contributed by atoms with van der Waals surface area (Å²) in [6.45, 7) is 4.09.